The number of rotatable bonds is 1. The van der Waals surface area contributed by atoms with Crippen LogP contribution in [0.15, 0.2) is 10.9 Å². The molecule has 0 spiro atoms. The fourth-order valence-electron chi connectivity index (χ4n) is 1.01. The Kier molecular flexibility index (Phi) is 2.92. The normalized spacial score (nSPS) is 11.2. The Bertz CT molecular complexity index is 478. The molecule has 0 aromatic carbocycles. The summed E-state index contributed by atoms with van der Waals surface area (Å²) in [6, 6.07) is 0.371. The van der Waals surface area contributed by atoms with Crippen molar-refractivity contribution in [3.8, 4) is 5.75 Å². The van der Waals surface area contributed by atoms with Gasteiger partial charge in [0, 0.05) is 7.05 Å². The van der Waals surface area contributed by atoms with Crippen LogP contribution < -0.4 is 10.9 Å². The van der Waals surface area contributed by atoms with E-state index in [1.165, 1.54) is 4.98 Å². The van der Waals surface area contributed by atoms with Crippen LogP contribution in [0.5, 0.6) is 5.75 Å². The van der Waals surface area contributed by atoms with Crippen molar-refractivity contribution >= 4 is 5.91 Å². The lowest BCUT2D eigenvalue weighted by Gasteiger charge is -2.08. The molecule has 1 heterocycles. The molecule has 1 rings (SSSR count). The first-order valence-corrected chi connectivity index (χ1v) is 4.03. The smallest absolute Gasteiger partial charge is 0.431 e. The summed E-state index contributed by atoms with van der Waals surface area (Å²) in [5, 5.41) is 11.1. The summed E-state index contributed by atoms with van der Waals surface area (Å²) < 4.78 is 36.8. The Morgan fingerprint density at radius 1 is 1.50 bits per heavy atom. The molecule has 0 aliphatic heterocycles. The van der Waals surface area contributed by atoms with Gasteiger partial charge in [0.25, 0.3) is 11.5 Å². The molecule has 1 aromatic heterocycles. The first kappa shape index (κ1) is 12.1. The van der Waals surface area contributed by atoms with Crippen molar-refractivity contribution in [3.05, 3.63) is 27.7 Å². The highest BCUT2D eigenvalue weighted by Gasteiger charge is 2.33. The van der Waals surface area contributed by atoms with Crippen LogP contribution in [0.25, 0.3) is 0 Å². The van der Waals surface area contributed by atoms with Gasteiger partial charge in [-0.2, -0.15) is 13.2 Å². The highest BCUT2D eigenvalue weighted by Crippen LogP contribution is 2.28. The SMILES string of the molecule is CNC(=O)c1cc(C(F)(F)F)[nH]c(=O)c1O. The van der Waals surface area contributed by atoms with Gasteiger partial charge >= 0.3 is 6.18 Å². The van der Waals surface area contributed by atoms with Gasteiger partial charge in [0.2, 0.25) is 0 Å². The molecule has 88 valence electrons. The standard InChI is InChI=1S/C8H7F3N2O3/c1-12-6(15)3-2-4(8(9,10)11)13-7(16)5(3)14/h2,14H,1H3,(H,12,15)(H,13,16). The van der Waals surface area contributed by atoms with Crippen LogP contribution in [0.3, 0.4) is 0 Å². The minimum absolute atomic E-state index is 0.371. The van der Waals surface area contributed by atoms with Gasteiger partial charge in [-0.15, -0.1) is 0 Å². The molecule has 8 heteroatoms. The number of halogens is 3. The van der Waals surface area contributed by atoms with Crippen molar-refractivity contribution < 1.29 is 23.1 Å². The lowest BCUT2D eigenvalue weighted by molar-refractivity contribution is -0.141. The van der Waals surface area contributed by atoms with Gasteiger partial charge < -0.3 is 15.4 Å². The Hall–Kier alpha value is -1.99. The second-order valence-corrected chi connectivity index (χ2v) is 2.85. The van der Waals surface area contributed by atoms with Gasteiger partial charge in [-0.05, 0) is 6.07 Å². The summed E-state index contributed by atoms with van der Waals surface area (Å²) in [5.74, 6) is -2.03. The van der Waals surface area contributed by atoms with Crippen molar-refractivity contribution in [1.82, 2.24) is 10.3 Å². The molecular formula is C8H7F3N2O3. The van der Waals surface area contributed by atoms with E-state index in [0.29, 0.717) is 6.07 Å². The average Bonchev–Trinajstić information content (AvgIpc) is 2.19. The third-order valence-electron chi connectivity index (χ3n) is 1.78. The molecule has 16 heavy (non-hydrogen) atoms. The van der Waals surface area contributed by atoms with E-state index in [-0.39, 0.29) is 0 Å². The lowest BCUT2D eigenvalue weighted by Crippen LogP contribution is -2.24. The monoisotopic (exact) mass is 236 g/mol. The highest BCUT2D eigenvalue weighted by atomic mass is 19.4. The molecule has 3 N–H and O–H groups in total. The maximum absolute atomic E-state index is 12.3. The van der Waals surface area contributed by atoms with Crippen molar-refractivity contribution in [2.45, 2.75) is 6.18 Å². The molecule has 0 atom stereocenters. The van der Waals surface area contributed by atoms with E-state index >= 15 is 0 Å². The van der Waals surface area contributed by atoms with Crippen molar-refractivity contribution in [2.24, 2.45) is 0 Å². The van der Waals surface area contributed by atoms with E-state index < -0.39 is 34.6 Å². The average molecular weight is 236 g/mol. The maximum Gasteiger partial charge on any atom is 0.431 e. The van der Waals surface area contributed by atoms with Crippen molar-refractivity contribution in [2.75, 3.05) is 7.05 Å². The number of aromatic nitrogens is 1. The zero-order chi connectivity index (χ0) is 12.5. The van der Waals surface area contributed by atoms with Crippen LogP contribution in [-0.4, -0.2) is 23.0 Å². The number of carbonyl (C=O) groups is 1. The summed E-state index contributed by atoms with van der Waals surface area (Å²) in [4.78, 5) is 23.4. The van der Waals surface area contributed by atoms with Crippen molar-refractivity contribution in [3.63, 3.8) is 0 Å². The van der Waals surface area contributed by atoms with E-state index in [9.17, 15) is 22.8 Å². The summed E-state index contributed by atoms with van der Waals surface area (Å²) in [7, 11) is 1.16. The van der Waals surface area contributed by atoms with Gasteiger partial charge in [-0.1, -0.05) is 0 Å². The van der Waals surface area contributed by atoms with Gasteiger partial charge in [0.05, 0.1) is 5.56 Å². The third-order valence-corrected chi connectivity index (χ3v) is 1.78. The molecule has 0 unspecified atom stereocenters. The fourth-order valence-corrected chi connectivity index (χ4v) is 1.01. The molecule has 0 radical (unpaired) electrons. The molecule has 0 aliphatic carbocycles. The molecule has 0 bridgehead atoms. The predicted octanol–water partition coefficient (Wildman–Crippen LogP) is 0.459. The molecule has 1 amide bonds. The number of nitrogens with one attached hydrogen (secondary N) is 2. The molecule has 0 saturated carbocycles. The Morgan fingerprint density at radius 2 is 2.06 bits per heavy atom. The molecule has 0 aliphatic rings. The van der Waals surface area contributed by atoms with E-state index in [4.69, 9.17) is 5.11 Å². The number of hydrogen-bond acceptors (Lipinski definition) is 3. The van der Waals surface area contributed by atoms with Gasteiger partial charge in [-0.3, -0.25) is 9.59 Å². The van der Waals surface area contributed by atoms with E-state index in [0.717, 1.165) is 7.05 Å². The topological polar surface area (TPSA) is 82.2 Å². The second-order valence-electron chi connectivity index (χ2n) is 2.85. The first-order valence-electron chi connectivity index (χ1n) is 4.03. The number of aromatic amines is 1. The number of alkyl halides is 3. The number of hydrogen-bond donors (Lipinski definition) is 3. The van der Waals surface area contributed by atoms with Crippen molar-refractivity contribution in [1.29, 1.82) is 0 Å². The number of H-pyrrole nitrogens is 1. The lowest BCUT2D eigenvalue weighted by atomic mass is 10.2. The van der Waals surface area contributed by atoms with E-state index in [2.05, 4.69) is 0 Å². The summed E-state index contributed by atoms with van der Waals surface area (Å²) >= 11 is 0. The molecule has 1 aromatic rings. The molecule has 0 fully saturated rings. The Balaban J connectivity index is 3.46. The number of carbonyl (C=O) groups excluding carboxylic acids is 1. The van der Waals surface area contributed by atoms with Gasteiger partial charge in [0.1, 0.15) is 5.69 Å². The molecule has 0 saturated heterocycles. The Morgan fingerprint density at radius 3 is 2.50 bits per heavy atom. The van der Waals surface area contributed by atoms with Crippen LogP contribution in [0, 0.1) is 0 Å². The number of aromatic hydroxyl groups is 1. The number of amides is 1. The third kappa shape index (κ3) is 2.15. The summed E-state index contributed by atoms with van der Waals surface area (Å²) in [6.45, 7) is 0. The minimum Gasteiger partial charge on any atom is -0.502 e. The largest absolute Gasteiger partial charge is 0.502 e. The predicted molar refractivity (Wildman–Crippen MR) is 47.1 cm³/mol. The Labute approximate surface area is 86.9 Å². The van der Waals surface area contributed by atoms with E-state index in [1.807, 2.05) is 5.32 Å². The highest BCUT2D eigenvalue weighted by molar-refractivity contribution is 5.96. The van der Waals surface area contributed by atoms with Gasteiger partial charge in [-0.25, -0.2) is 0 Å². The van der Waals surface area contributed by atoms with Crippen LogP contribution in [0.2, 0.25) is 0 Å². The first-order chi connectivity index (χ1) is 7.27. The second kappa shape index (κ2) is 3.87. The van der Waals surface area contributed by atoms with Crippen LogP contribution in [0.1, 0.15) is 16.1 Å². The molecular weight excluding hydrogens is 229 g/mol. The summed E-state index contributed by atoms with van der Waals surface area (Å²) in [5.41, 5.74) is -3.49. The van der Waals surface area contributed by atoms with Crippen LogP contribution in [-0.2, 0) is 6.18 Å². The zero-order valence-electron chi connectivity index (χ0n) is 7.97. The maximum atomic E-state index is 12.3. The van der Waals surface area contributed by atoms with E-state index in [1.54, 1.807) is 0 Å². The zero-order valence-corrected chi connectivity index (χ0v) is 7.97. The quantitative estimate of drug-likeness (QED) is 0.662. The van der Waals surface area contributed by atoms with Crippen LogP contribution in [0.4, 0.5) is 13.2 Å². The summed E-state index contributed by atoms with van der Waals surface area (Å²) in [6.07, 6.45) is -4.80. The fraction of sp³-hybridized carbons (Fsp3) is 0.250. The number of pyridine rings is 1. The molecule has 5 nitrogen and oxygen atoms in total. The van der Waals surface area contributed by atoms with Gasteiger partial charge in [0.15, 0.2) is 5.75 Å². The van der Waals surface area contributed by atoms with Crippen LogP contribution >= 0.6 is 0 Å². The minimum atomic E-state index is -4.80.